The first kappa shape index (κ1) is 30.0. The summed E-state index contributed by atoms with van der Waals surface area (Å²) >= 11 is 8.62. The summed E-state index contributed by atoms with van der Waals surface area (Å²) in [4.78, 5) is 23.8. The highest BCUT2D eigenvalue weighted by molar-refractivity contribution is 14.1. The molecular weight excluding hydrogens is 664 g/mol. The van der Waals surface area contributed by atoms with Crippen molar-refractivity contribution in [3.05, 3.63) is 91.5 Å². The van der Waals surface area contributed by atoms with Crippen molar-refractivity contribution in [2.75, 3.05) is 6.61 Å². The molecule has 208 valence electrons. The van der Waals surface area contributed by atoms with Gasteiger partial charge in [0.15, 0.2) is 0 Å². The topological polar surface area (TPSA) is 81.4 Å². The highest BCUT2D eigenvalue weighted by atomic mass is 127. The Morgan fingerprint density at radius 3 is 2.44 bits per heavy atom. The highest BCUT2D eigenvalue weighted by Crippen LogP contribution is 2.60. The number of hydrogen-bond donors (Lipinski definition) is 2. The van der Waals surface area contributed by atoms with Crippen LogP contribution in [0.15, 0.2) is 64.3 Å². The van der Waals surface area contributed by atoms with Gasteiger partial charge in [-0.2, -0.15) is 13.2 Å². The lowest BCUT2D eigenvalue weighted by Gasteiger charge is -2.39. The van der Waals surface area contributed by atoms with E-state index in [-0.39, 0.29) is 18.2 Å². The molecule has 11 heteroatoms. The van der Waals surface area contributed by atoms with E-state index in [0.717, 1.165) is 0 Å². The van der Waals surface area contributed by atoms with Crippen LogP contribution in [-0.2, 0) is 24.7 Å². The number of nitrogens with one attached hydrogen (secondary N) is 1. The molecule has 4 atom stereocenters. The first-order chi connectivity index (χ1) is 18.2. The summed E-state index contributed by atoms with van der Waals surface area (Å²) < 4.78 is 50.1. The summed E-state index contributed by atoms with van der Waals surface area (Å²) in [6.45, 7) is 5.06. The van der Waals surface area contributed by atoms with Crippen molar-refractivity contribution in [3.8, 4) is 0 Å². The standard InChI is InChI=1S/C28H27ClF3IN2O3S/c1-15(2)35-24(36)23-21(33)5-4-12-26(23,25(34)37)20-11-8-18(13-16(20)3)27(28(30,31)32)38-14-22(39-27)17-6-9-19(29)10-7-17/h4-13,15,22-23H,14H2,1-3H3,(H2,34,37)(H,35,36). The number of nitrogens with two attached hydrogens (primary N) is 1. The lowest BCUT2D eigenvalue weighted by atomic mass is 9.65. The number of thioether (sulfide) groups is 1. The molecule has 1 aliphatic heterocycles. The molecule has 2 aromatic rings. The Morgan fingerprint density at radius 2 is 1.87 bits per heavy atom. The van der Waals surface area contributed by atoms with E-state index in [2.05, 4.69) is 5.32 Å². The van der Waals surface area contributed by atoms with Crippen LogP contribution in [0.1, 0.15) is 41.4 Å². The number of halogens is 5. The zero-order valence-electron chi connectivity index (χ0n) is 21.3. The quantitative estimate of drug-likeness (QED) is 0.334. The van der Waals surface area contributed by atoms with Crippen LogP contribution in [0.3, 0.4) is 0 Å². The van der Waals surface area contributed by atoms with Crippen LogP contribution in [0.25, 0.3) is 0 Å². The number of amides is 2. The molecule has 0 radical (unpaired) electrons. The third kappa shape index (κ3) is 5.37. The van der Waals surface area contributed by atoms with Gasteiger partial charge in [0, 0.05) is 20.2 Å². The fourth-order valence-electron chi connectivity index (χ4n) is 5.10. The molecule has 2 aliphatic rings. The summed E-state index contributed by atoms with van der Waals surface area (Å²) in [7, 11) is 0. The zero-order chi connectivity index (χ0) is 28.8. The monoisotopic (exact) mass is 690 g/mol. The van der Waals surface area contributed by atoms with Crippen LogP contribution >= 0.6 is 46.0 Å². The van der Waals surface area contributed by atoms with Crippen LogP contribution in [-0.4, -0.2) is 30.6 Å². The molecule has 0 bridgehead atoms. The van der Waals surface area contributed by atoms with Crippen molar-refractivity contribution in [3.63, 3.8) is 0 Å². The molecule has 2 aromatic carbocycles. The van der Waals surface area contributed by atoms with Crippen LogP contribution in [0.2, 0.25) is 5.02 Å². The number of carbonyl (C=O) groups is 2. The van der Waals surface area contributed by atoms with Crippen molar-refractivity contribution in [2.45, 2.75) is 48.6 Å². The maximum absolute atomic E-state index is 14.7. The molecule has 1 heterocycles. The van der Waals surface area contributed by atoms with Gasteiger partial charge in [0.2, 0.25) is 16.7 Å². The lowest BCUT2D eigenvalue weighted by molar-refractivity contribution is -0.236. The number of allylic oxidation sites excluding steroid dienone is 2. The van der Waals surface area contributed by atoms with Gasteiger partial charge in [-0.1, -0.05) is 60.2 Å². The van der Waals surface area contributed by atoms with Crippen molar-refractivity contribution in [2.24, 2.45) is 11.7 Å². The van der Waals surface area contributed by atoms with Crippen molar-refractivity contribution in [1.29, 1.82) is 0 Å². The van der Waals surface area contributed by atoms with Gasteiger partial charge in [0.1, 0.15) is 5.41 Å². The Balaban J connectivity index is 1.80. The fourth-order valence-corrected chi connectivity index (χ4v) is 7.57. The maximum Gasteiger partial charge on any atom is 0.431 e. The van der Waals surface area contributed by atoms with Gasteiger partial charge < -0.3 is 15.8 Å². The number of ether oxygens (including phenoxy) is 1. The van der Waals surface area contributed by atoms with E-state index in [1.54, 1.807) is 63.3 Å². The number of benzene rings is 2. The zero-order valence-corrected chi connectivity index (χ0v) is 25.0. The minimum atomic E-state index is -4.74. The van der Waals surface area contributed by atoms with Gasteiger partial charge >= 0.3 is 6.18 Å². The van der Waals surface area contributed by atoms with E-state index >= 15 is 0 Å². The van der Waals surface area contributed by atoms with E-state index < -0.39 is 39.5 Å². The van der Waals surface area contributed by atoms with Gasteiger partial charge in [-0.15, -0.1) is 11.8 Å². The summed E-state index contributed by atoms with van der Waals surface area (Å²) in [5.74, 6) is -2.15. The van der Waals surface area contributed by atoms with Crippen molar-refractivity contribution >= 4 is 57.8 Å². The minimum absolute atomic E-state index is 0.106. The average molecular weight is 691 g/mol. The van der Waals surface area contributed by atoms with E-state index in [0.29, 0.717) is 37.1 Å². The molecule has 3 N–H and O–H groups in total. The van der Waals surface area contributed by atoms with Crippen LogP contribution in [0.4, 0.5) is 13.2 Å². The van der Waals surface area contributed by atoms with E-state index in [1.165, 1.54) is 18.2 Å². The summed E-state index contributed by atoms with van der Waals surface area (Å²) in [5, 5.41) is 2.76. The summed E-state index contributed by atoms with van der Waals surface area (Å²) in [6, 6.07) is 10.6. The highest BCUT2D eigenvalue weighted by Gasteiger charge is 2.62. The first-order valence-electron chi connectivity index (χ1n) is 12.1. The van der Waals surface area contributed by atoms with Crippen molar-refractivity contribution < 1.29 is 27.5 Å². The van der Waals surface area contributed by atoms with E-state index in [9.17, 15) is 22.8 Å². The second-order valence-corrected chi connectivity index (χ2v) is 12.9. The molecule has 1 fully saturated rings. The Bertz CT molecular complexity index is 1350. The molecule has 0 saturated carbocycles. The number of hydrogen-bond acceptors (Lipinski definition) is 4. The van der Waals surface area contributed by atoms with Crippen LogP contribution in [0.5, 0.6) is 0 Å². The predicted octanol–water partition coefficient (Wildman–Crippen LogP) is 6.62. The molecule has 1 aliphatic carbocycles. The molecule has 0 spiro atoms. The average Bonchev–Trinajstić information content (AvgIpc) is 3.30. The number of alkyl halides is 3. The number of aryl methyl sites for hydroxylation is 1. The third-order valence-corrected chi connectivity index (χ3v) is 9.70. The Hall–Kier alpha value is -2.02. The van der Waals surface area contributed by atoms with Gasteiger partial charge in [-0.25, -0.2) is 0 Å². The smallest absolute Gasteiger partial charge is 0.369 e. The second kappa shape index (κ2) is 11.1. The maximum atomic E-state index is 14.7. The normalized spacial score (nSPS) is 26.9. The Morgan fingerprint density at radius 1 is 1.21 bits per heavy atom. The Kier molecular flexibility index (Phi) is 8.52. The van der Waals surface area contributed by atoms with Crippen LogP contribution < -0.4 is 11.1 Å². The second-order valence-electron chi connectivity index (χ2n) is 9.85. The number of rotatable bonds is 6. The summed E-state index contributed by atoms with van der Waals surface area (Å²) in [5.41, 5.74) is 5.67. The first-order valence-corrected chi connectivity index (χ1v) is 14.5. The molecule has 1 saturated heterocycles. The van der Waals surface area contributed by atoms with Crippen molar-refractivity contribution in [1.82, 2.24) is 5.32 Å². The van der Waals surface area contributed by atoms with Gasteiger partial charge in [0.25, 0.3) is 0 Å². The molecule has 2 amide bonds. The molecule has 4 unspecified atom stereocenters. The Labute approximate surface area is 247 Å². The minimum Gasteiger partial charge on any atom is -0.369 e. The molecule has 4 rings (SSSR count). The molecule has 5 nitrogen and oxygen atoms in total. The van der Waals surface area contributed by atoms with Gasteiger partial charge in [-0.3, -0.25) is 9.59 Å². The largest absolute Gasteiger partial charge is 0.431 e. The van der Waals surface area contributed by atoms with Gasteiger partial charge in [-0.05, 0) is 72.2 Å². The SMILES string of the molecule is Cc1cc(C2(C(F)(F)F)OCC(c3ccc(Cl)cc3)S2)ccc1C1(C(N)=O)C=CC=C(I)C1C(=O)NC(C)C. The lowest BCUT2D eigenvalue weighted by Crippen LogP contribution is -2.53. The van der Waals surface area contributed by atoms with Crippen LogP contribution in [0, 0.1) is 12.8 Å². The number of carbonyl (C=O) groups excluding carboxylic acids is 2. The molecular formula is C28H27ClF3IN2O3S. The summed E-state index contributed by atoms with van der Waals surface area (Å²) in [6.07, 6.45) is 0.176. The number of primary amides is 1. The fraction of sp³-hybridized carbons (Fsp3) is 0.357. The molecule has 39 heavy (non-hydrogen) atoms. The van der Waals surface area contributed by atoms with Gasteiger partial charge in [0.05, 0.1) is 17.8 Å². The van der Waals surface area contributed by atoms with E-state index in [1.807, 2.05) is 22.6 Å². The predicted molar refractivity (Wildman–Crippen MR) is 156 cm³/mol. The molecule has 0 aromatic heterocycles. The van der Waals surface area contributed by atoms with E-state index in [4.69, 9.17) is 22.1 Å². The third-order valence-electron chi connectivity index (χ3n) is 6.86.